The fraction of sp³-hybridized carbons (Fsp3) is 0.625. The summed E-state index contributed by atoms with van der Waals surface area (Å²) < 4.78 is 11.1. The minimum Gasteiger partial charge on any atom is -0.497 e. The Morgan fingerprint density at radius 2 is 2.00 bits per heavy atom. The first kappa shape index (κ1) is 16.0. The molecule has 0 saturated heterocycles. The number of methoxy groups -OCH3 is 1. The molecule has 0 aromatic heterocycles. The molecule has 0 saturated carbocycles. The molecule has 0 aliphatic carbocycles. The van der Waals surface area contributed by atoms with Gasteiger partial charge in [-0.15, -0.1) is 0 Å². The highest BCUT2D eigenvalue weighted by molar-refractivity contribution is 5.27. The number of nitrogens with one attached hydrogen (secondary N) is 1. The molecule has 0 aliphatic rings. The molecule has 1 aromatic carbocycles. The quantitative estimate of drug-likeness (QED) is 0.694. The van der Waals surface area contributed by atoms with Crippen molar-refractivity contribution in [3.8, 4) is 5.75 Å². The molecule has 0 fully saturated rings. The molecule has 0 bridgehead atoms. The molecular weight excluding hydrogens is 238 g/mol. The fourth-order valence-electron chi connectivity index (χ4n) is 1.86. The van der Waals surface area contributed by atoms with E-state index >= 15 is 0 Å². The lowest BCUT2D eigenvalue weighted by molar-refractivity contribution is 0.0462. The first-order chi connectivity index (χ1) is 9.11. The highest BCUT2D eigenvalue weighted by Crippen LogP contribution is 2.14. The summed E-state index contributed by atoms with van der Waals surface area (Å²) in [7, 11) is 1.68. The standard InChI is InChI=1S/C16H27NO2/c1-13(2)17-10-6-7-14(3)19-12-15-8-5-9-16(11-15)18-4/h5,8-9,11,13-14,17H,6-7,10,12H2,1-4H3. The monoisotopic (exact) mass is 265 g/mol. The van der Waals surface area contributed by atoms with Gasteiger partial charge in [-0.25, -0.2) is 0 Å². The van der Waals surface area contributed by atoms with Gasteiger partial charge in [-0.2, -0.15) is 0 Å². The molecule has 1 unspecified atom stereocenters. The zero-order valence-corrected chi connectivity index (χ0v) is 12.6. The van der Waals surface area contributed by atoms with Crippen LogP contribution in [0.3, 0.4) is 0 Å². The Hall–Kier alpha value is -1.06. The highest BCUT2D eigenvalue weighted by atomic mass is 16.5. The van der Waals surface area contributed by atoms with Crippen molar-refractivity contribution >= 4 is 0 Å². The van der Waals surface area contributed by atoms with E-state index in [1.165, 1.54) is 0 Å². The molecule has 1 N–H and O–H groups in total. The van der Waals surface area contributed by atoms with Crippen molar-refractivity contribution in [1.29, 1.82) is 0 Å². The predicted molar refractivity (Wildman–Crippen MR) is 79.6 cm³/mol. The Labute approximate surface area is 117 Å². The van der Waals surface area contributed by atoms with Crippen LogP contribution < -0.4 is 10.1 Å². The number of hydrogen-bond acceptors (Lipinski definition) is 3. The molecule has 0 amide bonds. The van der Waals surface area contributed by atoms with Crippen molar-refractivity contribution < 1.29 is 9.47 Å². The Morgan fingerprint density at radius 1 is 1.21 bits per heavy atom. The minimum absolute atomic E-state index is 0.292. The van der Waals surface area contributed by atoms with Crippen LogP contribution in [-0.2, 0) is 11.3 Å². The number of rotatable bonds is 9. The summed E-state index contributed by atoms with van der Waals surface area (Å²) in [5, 5.41) is 3.42. The average molecular weight is 265 g/mol. The van der Waals surface area contributed by atoms with Gasteiger partial charge in [0.25, 0.3) is 0 Å². The first-order valence-corrected chi connectivity index (χ1v) is 7.09. The Morgan fingerprint density at radius 3 is 2.68 bits per heavy atom. The van der Waals surface area contributed by atoms with Crippen molar-refractivity contribution in [2.45, 2.75) is 52.4 Å². The summed E-state index contributed by atoms with van der Waals surface area (Å²) in [6.45, 7) is 8.18. The van der Waals surface area contributed by atoms with E-state index in [0.29, 0.717) is 18.8 Å². The third-order valence-corrected chi connectivity index (χ3v) is 3.01. The van der Waals surface area contributed by atoms with Crippen LogP contribution in [0.15, 0.2) is 24.3 Å². The molecule has 3 heteroatoms. The van der Waals surface area contributed by atoms with Gasteiger partial charge in [0.15, 0.2) is 0 Å². The van der Waals surface area contributed by atoms with Crippen LogP contribution in [0.1, 0.15) is 39.2 Å². The molecule has 19 heavy (non-hydrogen) atoms. The van der Waals surface area contributed by atoms with Crippen LogP contribution in [0.5, 0.6) is 5.75 Å². The lowest BCUT2D eigenvalue weighted by Gasteiger charge is -2.14. The van der Waals surface area contributed by atoms with Crippen molar-refractivity contribution in [3.63, 3.8) is 0 Å². The van der Waals surface area contributed by atoms with E-state index in [1.807, 2.05) is 18.2 Å². The van der Waals surface area contributed by atoms with Crippen LogP contribution in [0.4, 0.5) is 0 Å². The molecule has 1 rings (SSSR count). The zero-order chi connectivity index (χ0) is 14.1. The van der Waals surface area contributed by atoms with Gasteiger partial charge in [0.1, 0.15) is 5.75 Å². The molecule has 1 aromatic rings. The number of benzene rings is 1. The molecule has 3 nitrogen and oxygen atoms in total. The molecule has 0 spiro atoms. The smallest absolute Gasteiger partial charge is 0.119 e. The van der Waals surface area contributed by atoms with Gasteiger partial charge in [0.05, 0.1) is 19.8 Å². The maximum Gasteiger partial charge on any atom is 0.119 e. The predicted octanol–water partition coefficient (Wildman–Crippen LogP) is 3.38. The second-order valence-corrected chi connectivity index (χ2v) is 5.22. The van der Waals surface area contributed by atoms with Crippen LogP contribution in [-0.4, -0.2) is 25.8 Å². The number of hydrogen-bond donors (Lipinski definition) is 1. The second-order valence-electron chi connectivity index (χ2n) is 5.22. The van der Waals surface area contributed by atoms with Crippen LogP contribution >= 0.6 is 0 Å². The van der Waals surface area contributed by atoms with E-state index in [0.717, 1.165) is 30.7 Å². The van der Waals surface area contributed by atoms with E-state index in [9.17, 15) is 0 Å². The van der Waals surface area contributed by atoms with E-state index in [4.69, 9.17) is 9.47 Å². The Kier molecular flexibility index (Phi) is 7.53. The maximum absolute atomic E-state index is 5.85. The number of ether oxygens (including phenoxy) is 2. The van der Waals surface area contributed by atoms with E-state index in [2.05, 4.69) is 32.2 Å². The van der Waals surface area contributed by atoms with Gasteiger partial charge in [-0.1, -0.05) is 26.0 Å². The third-order valence-electron chi connectivity index (χ3n) is 3.01. The second kappa shape index (κ2) is 8.94. The summed E-state index contributed by atoms with van der Waals surface area (Å²) in [4.78, 5) is 0. The molecule has 0 radical (unpaired) electrons. The van der Waals surface area contributed by atoms with E-state index in [-0.39, 0.29) is 0 Å². The third kappa shape index (κ3) is 7.19. The average Bonchev–Trinajstić information content (AvgIpc) is 2.41. The summed E-state index contributed by atoms with van der Waals surface area (Å²) in [5.41, 5.74) is 1.16. The van der Waals surface area contributed by atoms with Gasteiger partial charge in [-0.05, 0) is 44.0 Å². The summed E-state index contributed by atoms with van der Waals surface area (Å²) >= 11 is 0. The summed E-state index contributed by atoms with van der Waals surface area (Å²) in [6, 6.07) is 8.59. The van der Waals surface area contributed by atoms with Crippen molar-refractivity contribution in [2.24, 2.45) is 0 Å². The molecule has 1 atom stereocenters. The minimum atomic E-state index is 0.292. The topological polar surface area (TPSA) is 30.5 Å². The molecule has 0 aliphatic heterocycles. The van der Waals surface area contributed by atoms with Gasteiger partial charge >= 0.3 is 0 Å². The summed E-state index contributed by atoms with van der Waals surface area (Å²) in [6.07, 6.45) is 2.53. The van der Waals surface area contributed by atoms with Crippen molar-refractivity contribution in [1.82, 2.24) is 5.32 Å². The van der Waals surface area contributed by atoms with Gasteiger partial charge in [-0.3, -0.25) is 0 Å². The zero-order valence-electron chi connectivity index (χ0n) is 12.6. The van der Waals surface area contributed by atoms with Crippen molar-refractivity contribution in [3.05, 3.63) is 29.8 Å². The Balaban J connectivity index is 2.20. The Bertz CT molecular complexity index is 352. The lowest BCUT2D eigenvalue weighted by Crippen LogP contribution is -2.24. The van der Waals surface area contributed by atoms with E-state index in [1.54, 1.807) is 7.11 Å². The lowest BCUT2D eigenvalue weighted by atomic mass is 10.2. The van der Waals surface area contributed by atoms with Crippen LogP contribution in [0, 0.1) is 0 Å². The normalized spacial score (nSPS) is 12.7. The largest absolute Gasteiger partial charge is 0.497 e. The van der Waals surface area contributed by atoms with Gasteiger partial charge in [0, 0.05) is 6.04 Å². The highest BCUT2D eigenvalue weighted by Gasteiger charge is 2.03. The van der Waals surface area contributed by atoms with Gasteiger partial charge < -0.3 is 14.8 Å². The van der Waals surface area contributed by atoms with E-state index < -0.39 is 0 Å². The maximum atomic E-state index is 5.85. The molecule has 108 valence electrons. The van der Waals surface area contributed by atoms with Crippen LogP contribution in [0.25, 0.3) is 0 Å². The molecule has 0 heterocycles. The van der Waals surface area contributed by atoms with Crippen molar-refractivity contribution in [2.75, 3.05) is 13.7 Å². The SMILES string of the molecule is COc1cccc(COC(C)CCCNC(C)C)c1. The summed E-state index contributed by atoms with van der Waals surface area (Å²) in [5.74, 6) is 0.884. The molecular formula is C16H27NO2. The first-order valence-electron chi connectivity index (χ1n) is 7.09. The fourth-order valence-corrected chi connectivity index (χ4v) is 1.86. The van der Waals surface area contributed by atoms with Crippen LogP contribution in [0.2, 0.25) is 0 Å². The van der Waals surface area contributed by atoms with Gasteiger partial charge in [0.2, 0.25) is 0 Å².